The van der Waals surface area contributed by atoms with Gasteiger partial charge in [0, 0.05) is 17.3 Å². The van der Waals surface area contributed by atoms with E-state index in [1.165, 1.54) is 18.2 Å². The molecular weight excluding hydrogens is 470 g/mol. The summed E-state index contributed by atoms with van der Waals surface area (Å²) in [5.41, 5.74) is -0.355. The first kappa shape index (κ1) is 23.5. The average molecular weight is 484 g/mol. The summed E-state index contributed by atoms with van der Waals surface area (Å²) in [6, 6.07) is 6.33. The maximum atomic E-state index is 12.8. The van der Waals surface area contributed by atoms with Crippen LogP contribution in [0.4, 0.5) is 18.0 Å². The number of nitrogens with zero attached hydrogens (tertiary/aromatic N) is 1. The maximum Gasteiger partial charge on any atom is 0.417 e. The lowest BCUT2D eigenvalue weighted by Crippen LogP contribution is -2.42. The number of nitrogens with one attached hydrogen (secondary N) is 2. The number of carbonyl (C=O) groups excluding carboxylic acids is 3. The highest BCUT2D eigenvalue weighted by molar-refractivity contribution is 6.42. The SMILES string of the molecule is Cc1ccccc1C(=O)NC(=O)NC1=CC=C(c2ncc(C(F)(F)F)cc2Cl)C(Cl)C1=O. The van der Waals surface area contributed by atoms with Crippen LogP contribution in [0.25, 0.3) is 5.57 Å². The quantitative estimate of drug-likeness (QED) is 0.621. The summed E-state index contributed by atoms with van der Waals surface area (Å²) < 4.78 is 38.4. The molecule has 1 aromatic heterocycles. The fourth-order valence-corrected chi connectivity index (χ4v) is 3.45. The number of alkyl halides is 4. The summed E-state index contributed by atoms with van der Waals surface area (Å²) in [5, 5.41) is 2.64. The lowest BCUT2D eigenvalue weighted by molar-refractivity contribution is -0.137. The lowest BCUT2D eigenvalue weighted by atomic mass is 9.97. The van der Waals surface area contributed by atoms with Crippen molar-refractivity contribution in [3.8, 4) is 0 Å². The first-order valence-electron chi connectivity index (χ1n) is 9.00. The van der Waals surface area contributed by atoms with Gasteiger partial charge in [0.05, 0.1) is 22.0 Å². The van der Waals surface area contributed by atoms with Gasteiger partial charge in [-0.3, -0.25) is 19.9 Å². The van der Waals surface area contributed by atoms with E-state index in [0.717, 1.165) is 0 Å². The Kier molecular flexibility index (Phi) is 6.71. The van der Waals surface area contributed by atoms with Gasteiger partial charge in [-0.2, -0.15) is 13.2 Å². The number of amides is 3. The minimum Gasteiger partial charge on any atom is -0.304 e. The molecule has 1 heterocycles. The number of hydrogen-bond donors (Lipinski definition) is 2. The number of ketones is 1. The van der Waals surface area contributed by atoms with Gasteiger partial charge in [-0.25, -0.2) is 4.79 Å². The molecule has 3 rings (SSSR count). The third-order valence-electron chi connectivity index (χ3n) is 4.51. The second-order valence-electron chi connectivity index (χ2n) is 6.70. The number of Topliss-reactive ketones (excluding diaryl/α,β-unsaturated/α-hetero) is 1. The van der Waals surface area contributed by atoms with Crippen LogP contribution < -0.4 is 10.6 Å². The van der Waals surface area contributed by atoms with E-state index in [1.807, 2.05) is 0 Å². The molecule has 32 heavy (non-hydrogen) atoms. The van der Waals surface area contributed by atoms with Gasteiger partial charge in [0.1, 0.15) is 5.38 Å². The first-order valence-corrected chi connectivity index (χ1v) is 9.81. The van der Waals surface area contributed by atoms with E-state index < -0.39 is 34.8 Å². The van der Waals surface area contributed by atoms with Crippen LogP contribution in [-0.4, -0.2) is 28.1 Å². The molecule has 1 aliphatic carbocycles. The lowest BCUT2D eigenvalue weighted by Gasteiger charge is -2.20. The zero-order chi connectivity index (χ0) is 23.6. The molecule has 2 aromatic rings. The van der Waals surface area contributed by atoms with Crippen molar-refractivity contribution in [2.75, 3.05) is 0 Å². The number of carbonyl (C=O) groups is 3. The summed E-state index contributed by atoms with van der Waals surface area (Å²) in [7, 11) is 0. The molecule has 0 aliphatic heterocycles. The number of aromatic nitrogens is 1. The second-order valence-corrected chi connectivity index (χ2v) is 7.55. The van der Waals surface area contributed by atoms with Gasteiger partial charge in [0.15, 0.2) is 0 Å². The summed E-state index contributed by atoms with van der Waals surface area (Å²) in [6.45, 7) is 1.70. The Hall–Kier alpha value is -3.17. The van der Waals surface area contributed by atoms with Crippen molar-refractivity contribution in [2.24, 2.45) is 0 Å². The number of aryl methyl sites for hydroxylation is 1. The Morgan fingerprint density at radius 1 is 1.16 bits per heavy atom. The van der Waals surface area contributed by atoms with E-state index in [4.69, 9.17) is 23.2 Å². The van der Waals surface area contributed by atoms with Crippen molar-refractivity contribution >= 4 is 46.5 Å². The number of halogens is 5. The average Bonchev–Trinajstić information content (AvgIpc) is 2.71. The predicted molar refractivity (Wildman–Crippen MR) is 112 cm³/mol. The standard InChI is InChI=1S/C21H14Cl2F3N3O3/c1-10-4-2-3-5-12(10)19(31)29-20(32)28-15-7-6-13(16(23)18(15)30)17-14(22)8-11(9-27-17)21(24,25)26/h2-9,16H,1H3,(H2,28,29,31,32). The summed E-state index contributed by atoms with van der Waals surface area (Å²) >= 11 is 12.1. The number of allylic oxidation sites excluding steroid dienone is 4. The van der Waals surface area contributed by atoms with E-state index in [-0.39, 0.29) is 27.6 Å². The third-order valence-corrected chi connectivity index (χ3v) is 5.23. The minimum absolute atomic E-state index is 0.0670. The molecule has 1 unspecified atom stereocenters. The molecule has 0 radical (unpaired) electrons. The third kappa shape index (κ3) is 5.00. The van der Waals surface area contributed by atoms with E-state index in [9.17, 15) is 27.6 Å². The van der Waals surface area contributed by atoms with Crippen molar-refractivity contribution in [2.45, 2.75) is 18.5 Å². The minimum atomic E-state index is -4.63. The van der Waals surface area contributed by atoms with Gasteiger partial charge < -0.3 is 5.32 Å². The van der Waals surface area contributed by atoms with Gasteiger partial charge >= 0.3 is 12.2 Å². The van der Waals surface area contributed by atoms with Gasteiger partial charge in [0.25, 0.3) is 5.91 Å². The molecule has 0 fully saturated rings. The van der Waals surface area contributed by atoms with Gasteiger partial charge in [-0.15, -0.1) is 11.6 Å². The normalized spacial score (nSPS) is 16.2. The molecule has 1 atom stereocenters. The van der Waals surface area contributed by atoms with E-state index >= 15 is 0 Å². The van der Waals surface area contributed by atoms with Crippen LogP contribution in [0.5, 0.6) is 0 Å². The number of pyridine rings is 1. The topological polar surface area (TPSA) is 88.2 Å². The molecule has 0 saturated carbocycles. The van der Waals surface area contributed by atoms with Gasteiger partial charge in [-0.1, -0.05) is 35.9 Å². The molecule has 0 saturated heterocycles. The molecule has 0 bridgehead atoms. The van der Waals surface area contributed by atoms with Crippen LogP contribution in [0.3, 0.4) is 0 Å². The molecule has 6 nitrogen and oxygen atoms in total. The molecule has 0 spiro atoms. The Morgan fingerprint density at radius 2 is 1.84 bits per heavy atom. The summed E-state index contributed by atoms with van der Waals surface area (Å²) in [4.78, 5) is 40.6. The molecule has 1 aliphatic rings. The molecule has 3 amide bonds. The zero-order valence-electron chi connectivity index (χ0n) is 16.3. The number of urea groups is 1. The van der Waals surface area contributed by atoms with Crippen molar-refractivity contribution in [3.05, 3.63) is 81.8 Å². The van der Waals surface area contributed by atoms with E-state index in [0.29, 0.717) is 17.8 Å². The highest BCUT2D eigenvalue weighted by Crippen LogP contribution is 2.35. The van der Waals surface area contributed by atoms with Crippen molar-refractivity contribution in [1.29, 1.82) is 0 Å². The van der Waals surface area contributed by atoms with Crippen LogP contribution in [0.15, 0.2) is 54.4 Å². The largest absolute Gasteiger partial charge is 0.417 e. The van der Waals surface area contributed by atoms with Crippen LogP contribution in [-0.2, 0) is 11.0 Å². The van der Waals surface area contributed by atoms with Crippen LogP contribution in [0.2, 0.25) is 5.02 Å². The van der Waals surface area contributed by atoms with Gasteiger partial charge in [-0.05, 0) is 30.7 Å². The monoisotopic (exact) mass is 483 g/mol. The highest BCUT2D eigenvalue weighted by Gasteiger charge is 2.34. The number of rotatable bonds is 3. The second kappa shape index (κ2) is 9.13. The molecule has 11 heteroatoms. The number of imide groups is 1. The summed E-state index contributed by atoms with van der Waals surface area (Å²) in [6.07, 6.45) is -1.55. The van der Waals surface area contributed by atoms with Crippen molar-refractivity contribution in [3.63, 3.8) is 0 Å². The van der Waals surface area contributed by atoms with Crippen LogP contribution >= 0.6 is 23.2 Å². The van der Waals surface area contributed by atoms with E-state index in [1.54, 1.807) is 25.1 Å². The number of hydrogen-bond acceptors (Lipinski definition) is 4. The number of benzene rings is 1. The molecule has 2 N–H and O–H groups in total. The Bertz CT molecular complexity index is 1180. The molecule has 1 aromatic carbocycles. The van der Waals surface area contributed by atoms with Gasteiger partial charge in [0.2, 0.25) is 5.78 Å². The molecule has 166 valence electrons. The fourth-order valence-electron chi connectivity index (χ4n) is 2.88. The van der Waals surface area contributed by atoms with E-state index in [2.05, 4.69) is 15.6 Å². The highest BCUT2D eigenvalue weighted by atomic mass is 35.5. The maximum absolute atomic E-state index is 12.8. The van der Waals surface area contributed by atoms with Crippen LogP contribution in [0, 0.1) is 6.92 Å². The Balaban J connectivity index is 1.78. The van der Waals surface area contributed by atoms with Crippen molar-refractivity contribution in [1.82, 2.24) is 15.6 Å². The Morgan fingerprint density at radius 3 is 2.47 bits per heavy atom. The summed E-state index contributed by atoms with van der Waals surface area (Å²) in [5.74, 6) is -1.41. The predicted octanol–water partition coefficient (Wildman–Crippen LogP) is 4.66. The first-order chi connectivity index (χ1) is 15.0. The zero-order valence-corrected chi connectivity index (χ0v) is 17.8. The fraction of sp³-hybridized carbons (Fsp3) is 0.143. The Labute approximate surface area is 190 Å². The van der Waals surface area contributed by atoms with Crippen LogP contribution in [0.1, 0.15) is 27.2 Å². The smallest absolute Gasteiger partial charge is 0.304 e. The van der Waals surface area contributed by atoms with Crippen molar-refractivity contribution < 1.29 is 27.6 Å². The molecular formula is C21H14Cl2F3N3O3.